The Balaban J connectivity index is 2.21. The lowest BCUT2D eigenvalue weighted by molar-refractivity contribution is 0.0784. The van der Waals surface area contributed by atoms with Crippen LogP contribution in [-0.4, -0.2) is 17.9 Å². The van der Waals surface area contributed by atoms with Gasteiger partial charge in [-0.1, -0.05) is 56.1 Å². The lowest BCUT2D eigenvalue weighted by atomic mass is 10.1. The molecule has 0 heterocycles. The van der Waals surface area contributed by atoms with Gasteiger partial charge in [0.1, 0.15) is 0 Å². The normalized spacial score (nSPS) is 10.4. The average molecular weight is 397 g/mol. The van der Waals surface area contributed by atoms with Gasteiger partial charge in [0.05, 0.1) is 0 Å². The van der Waals surface area contributed by atoms with Crippen molar-refractivity contribution in [3.63, 3.8) is 0 Å². The highest BCUT2D eigenvalue weighted by Gasteiger charge is 2.16. The Bertz CT molecular complexity index is 640. The molecule has 1 amide bonds. The van der Waals surface area contributed by atoms with Crippen LogP contribution in [0.1, 0.15) is 21.5 Å². The van der Waals surface area contributed by atoms with E-state index < -0.39 is 0 Å². The molecule has 0 aliphatic carbocycles. The number of nitrogens with zero attached hydrogens (tertiary/aromatic N) is 1. The van der Waals surface area contributed by atoms with Crippen LogP contribution in [0.2, 0.25) is 0 Å². The summed E-state index contributed by atoms with van der Waals surface area (Å²) in [4.78, 5) is 14.3. The summed E-state index contributed by atoms with van der Waals surface area (Å²) < 4.78 is 1.98. The molecule has 2 rings (SSSR count). The van der Waals surface area contributed by atoms with E-state index >= 15 is 0 Å². The molecule has 0 unspecified atom stereocenters. The van der Waals surface area contributed by atoms with Gasteiger partial charge in [-0.3, -0.25) is 4.79 Å². The van der Waals surface area contributed by atoms with Crippen LogP contribution in [0.15, 0.2) is 51.4 Å². The minimum atomic E-state index is 0.0274. The van der Waals surface area contributed by atoms with E-state index in [2.05, 4.69) is 31.9 Å². The fourth-order valence-electron chi connectivity index (χ4n) is 2.00. The monoisotopic (exact) mass is 395 g/mol. The van der Waals surface area contributed by atoms with Crippen LogP contribution in [-0.2, 0) is 6.54 Å². The van der Waals surface area contributed by atoms with Gasteiger partial charge in [0.25, 0.3) is 5.91 Å². The Kier molecular flexibility index (Phi) is 5.00. The minimum absolute atomic E-state index is 0.0274. The van der Waals surface area contributed by atoms with Gasteiger partial charge in [0.15, 0.2) is 0 Å². The van der Waals surface area contributed by atoms with Gasteiger partial charge < -0.3 is 4.90 Å². The van der Waals surface area contributed by atoms with Crippen LogP contribution in [0, 0.1) is 6.92 Å². The fourth-order valence-corrected chi connectivity index (χ4v) is 2.78. The fraction of sp³-hybridized carbons (Fsp3) is 0.188. The van der Waals surface area contributed by atoms with Gasteiger partial charge in [-0.05, 0) is 36.2 Å². The summed E-state index contributed by atoms with van der Waals surface area (Å²) in [5.74, 6) is 0.0274. The maximum absolute atomic E-state index is 12.5. The summed E-state index contributed by atoms with van der Waals surface area (Å²) in [6, 6.07) is 13.6. The smallest absolute Gasteiger partial charge is 0.254 e. The number of amides is 1. The van der Waals surface area contributed by atoms with Crippen LogP contribution in [0.4, 0.5) is 0 Å². The van der Waals surface area contributed by atoms with Crippen molar-refractivity contribution in [3.05, 3.63) is 68.1 Å². The summed E-state index contributed by atoms with van der Waals surface area (Å²) in [7, 11) is 1.82. The number of rotatable bonds is 3. The standard InChI is InChI=1S/C16H15Br2NO/c1-11-13(7-5-9-14(11)17)16(20)19(2)10-12-6-3-4-8-15(12)18/h3-9H,10H2,1-2H3. The molecule has 0 aliphatic rings. The maximum Gasteiger partial charge on any atom is 0.254 e. The summed E-state index contributed by atoms with van der Waals surface area (Å²) in [6.07, 6.45) is 0. The van der Waals surface area contributed by atoms with E-state index in [0.29, 0.717) is 6.54 Å². The van der Waals surface area contributed by atoms with Gasteiger partial charge in [-0.25, -0.2) is 0 Å². The summed E-state index contributed by atoms with van der Waals surface area (Å²) in [5, 5.41) is 0. The second-order valence-electron chi connectivity index (χ2n) is 4.67. The van der Waals surface area contributed by atoms with E-state index in [4.69, 9.17) is 0 Å². The summed E-state index contributed by atoms with van der Waals surface area (Å²) in [5.41, 5.74) is 2.79. The van der Waals surface area contributed by atoms with Crippen LogP contribution < -0.4 is 0 Å². The second kappa shape index (κ2) is 6.55. The van der Waals surface area contributed by atoms with Crippen molar-refractivity contribution >= 4 is 37.8 Å². The number of carbonyl (C=O) groups excluding carboxylic acids is 1. The third-order valence-corrected chi connectivity index (χ3v) is 4.84. The zero-order valence-corrected chi connectivity index (χ0v) is 14.5. The molecule has 0 aromatic heterocycles. The number of hydrogen-bond acceptors (Lipinski definition) is 1. The van der Waals surface area contributed by atoms with E-state index in [-0.39, 0.29) is 5.91 Å². The minimum Gasteiger partial charge on any atom is -0.337 e. The van der Waals surface area contributed by atoms with Crippen molar-refractivity contribution < 1.29 is 4.79 Å². The molecule has 0 N–H and O–H groups in total. The van der Waals surface area contributed by atoms with Crippen molar-refractivity contribution in [2.24, 2.45) is 0 Å². The van der Waals surface area contributed by atoms with E-state index in [1.807, 2.05) is 56.4 Å². The number of hydrogen-bond donors (Lipinski definition) is 0. The first-order chi connectivity index (χ1) is 9.50. The molecule has 0 fully saturated rings. The first-order valence-corrected chi connectivity index (χ1v) is 7.83. The van der Waals surface area contributed by atoms with Crippen LogP contribution in [0.25, 0.3) is 0 Å². The van der Waals surface area contributed by atoms with Gasteiger partial charge in [-0.15, -0.1) is 0 Å². The number of carbonyl (C=O) groups is 1. The Labute approximate surface area is 136 Å². The van der Waals surface area contributed by atoms with E-state index in [1.165, 1.54) is 0 Å². The van der Waals surface area contributed by atoms with E-state index in [9.17, 15) is 4.79 Å². The van der Waals surface area contributed by atoms with Gasteiger partial charge in [0.2, 0.25) is 0 Å². The third kappa shape index (κ3) is 3.30. The highest BCUT2D eigenvalue weighted by Crippen LogP contribution is 2.22. The molecule has 2 nitrogen and oxygen atoms in total. The van der Waals surface area contributed by atoms with Crippen molar-refractivity contribution in [1.29, 1.82) is 0 Å². The van der Waals surface area contributed by atoms with E-state index in [1.54, 1.807) is 4.90 Å². The van der Waals surface area contributed by atoms with Gasteiger partial charge >= 0.3 is 0 Å². The van der Waals surface area contributed by atoms with E-state index in [0.717, 1.165) is 25.6 Å². The van der Waals surface area contributed by atoms with Crippen LogP contribution in [0.3, 0.4) is 0 Å². The van der Waals surface area contributed by atoms with Crippen LogP contribution in [0.5, 0.6) is 0 Å². The molecule has 0 aliphatic heterocycles. The molecule has 20 heavy (non-hydrogen) atoms. The first-order valence-electron chi connectivity index (χ1n) is 6.24. The van der Waals surface area contributed by atoms with Crippen molar-refractivity contribution in [2.45, 2.75) is 13.5 Å². The molecule has 0 bridgehead atoms. The third-order valence-electron chi connectivity index (χ3n) is 3.21. The molecule has 0 saturated carbocycles. The molecular formula is C16H15Br2NO. The first kappa shape index (κ1) is 15.3. The zero-order valence-electron chi connectivity index (χ0n) is 11.4. The molecule has 0 atom stereocenters. The number of halogens is 2. The maximum atomic E-state index is 12.5. The molecule has 0 radical (unpaired) electrons. The lowest BCUT2D eigenvalue weighted by Gasteiger charge is -2.19. The molecule has 2 aromatic carbocycles. The zero-order chi connectivity index (χ0) is 14.7. The molecule has 2 aromatic rings. The largest absolute Gasteiger partial charge is 0.337 e. The predicted molar refractivity (Wildman–Crippen MR) is 88.8 cm³/mol. The Morgan fingerprint density at radius 1 is 1.05 bits per heavy atom. The summed E-state index contributed by atoms with van der Waals surface area (Å²) in [6.45, 7) is 2.52. The molecule has 104 valence electrons. The van der Waals surface area contributed by atoms with Crippen LogP contribution >= 0.6 is 31.9 Å². The van der Waals surface area contributed by atoms with Gasteiger partial charge in [0, 0.05) is 28.1 Å². The quantitative estimate of drug-likeness (QED) is 0.730. The second-order valence-corrected chi connectivity index (χ2v) is 6.37. The highest BCUT2D eigenvalue weighted by atomic mass is 79.9. The molecule has 4 heteroatoms. The number of benzene rings is 2. The highest BCUT2D eigenvalue weighted by molar-refractivity contribution is 9.10. The van der Waals surface area contributed by atoms with Crippen molar-refractivity contribution in [1.82, 2.24) is 4.90 Å². The molecule has 0 saturated heterocycles. The SMILES string of the molecule is Cc1c(Br)cccc1C(=O)N(C)Cc1ccccc1Br. The van der Waals surface area contributed by atoms with Gasteiger partial charge in [-0.2, -0.15) is 0 Å². The van der Waals surface area contributed by atoms with Crippen molar-refractivity contribution in [3.8, 4) is 0 Å². The summed E-state index contributed by atoms with van der Waals surface area (Å²) >= 11 is 6.97. The lowest BCUT2D eigenvalue weighted by Crippen LogP contribution is -2.27. The Morgan fingerprint density at radius 2 is 1.70 bits per heavy atom. The molecule has 0 spiro atoms. The average Bonchev–Trinajstić information content (AvgIpc) is 2.43. The molecular weight excluding hydrogens is 382 g/mol. The topological polar surface area (TPSA) is 20.3 Å². The van der Waals surface area contributed by atoms with Crippen molar-refractivity contribution in [2.75, 3.05) is 7.05 Å². The Hall–Kier alpha value is -1.13. The predicted octanol–water partition coefficient (Wildman–Crippen LogP) is 4.79. The Morgan fingerprint density at radius 3 is 2.40 bits per heavy atom.